The van der Waals surface area contributed by atoms with Crippen LogP contribution in [-0.4, -0.2) is 25.8 Å². The number of carbonyl (C=O) groups excluding carboxylic acids is 1. The Kier molecular flexibility index (Phi) is 4.38. The second-order valence-corrected chi connectivity index (χ2v) is 6.11. The van der Waals surface area contributed by atoms with Crippen molar-refractivity contribution in [2.24, 2.45) is 11.8 Å². The Hall–Kier alpha value is -1.95. The van der Waals surface area contributed by atoms with Crippen molar-refractivity contribution >= 4 is 17.3 Å². The molecule has 120 valence electrons. The normalized spacial score (nSPS) is 19.0. The third-order valence-corrected chi connectivity index (χ3v) is 4.51. The van der Waals surface area contributed by atoms with Crippen molar-refractivity contribution in [1.82, 2.24) is 5.32 Å². The number of benzene rings is 1. The molecule has 1 amide bonds. The van der Waals surface area contributed by atoms with E-state index >= 15 is 0 Å². The Labute approximate surface area is 130 Å². The van der Waals surface area contributed by atoms with Gasteiger partial charge in [-0.1, -0.05) is 6.92 Å². The van der Waals surface area contributed by atoms with E-state index in [2.05, 4.69) is 17.6 Å². The molecule has 1 fully saturated rings. The Morgan fingerprint density at radius 3 is 2.77 bits per heavy atom. The molecule has 1 aromatic rings. The summed E-state index contributed by atoms with van der Waals surface area (Å²) in [7, 11) is 0. The molecule has 6 heteroatoms. The maximum atomic E-state index is 12.3. The van der Waals surface area contributed by atoms with Crippen molar-refractivity contribution in [2.75, 3.05) is 30.9 Å². The summed E-state index contributed by atoms with van der Waals surface area (Å²) >= 11 is 0. The molecule has 0 radical (unpaired) electrons. The van der Waals surface area contributed by atoms with Crippen molar-refractivity contribution in [1.29, 1.82) is 0 Å². The number of hydrogen-bond donors (Lipinski definition) is 3. The third kappa shape index (κ3) is 3.27. The molecule has 1 atom stereocenters. The first kappa shape index (κ1) is 15.0. The van der Waals surface area contributed by atoms with E-state index in [-0.39, 0.29) is 12.7 Å². The lowest BCUT2D eigenvalue weighted by molar-refractivity contribution is -0.117. The molecule has 0 saturated carbocycles. The molecule has 4 N–H and O–H groups in total. The van der Waals surface area contributed by atoms with Gasteiger partial charge in [0.25, 0.3) is 0 Å². The van der Waals surface area contributed by atoms with E-state index in [1.165, 1.54) is 0 Å². The fourth-order valence-electron chi connectivity index (χ4n) is 3.14. The number of nitrogens with one attached hydrogen (secondary N) is 2. The van der Waals surface area contributed by atoms with Crippen LogP contribution in [0.5, 0.6) is 11.5 Å². The summed E-state index contributed by atoms with van der Waals surface area (Å²) < 4.78 is 10.6. The molecule has 22 heavy (non-hydrogen) atoms. The molecule has 1 unspecified atom stereocenters. The molecule has 0 aliphatic carbocycles. The average molecular weight is 305 g/mol. The lowest BCUT2D eigenvalue weighted by atomic mass is 9.84. The minimum atomic E-state index is -0.00315. The van der Waals surface area contributed by atoms with Gasteiger partial charge in [-0.25, -0.2) is 0 Å². The van der Waals surface area contributed by atoms with Crippen molar-refractivity contribution < 1.29 is 14.3 Å². The van der Waals surface area contributed by atoms with Crippen LogP contribution in [0.25, 0.3) is 0 Å². The van der Waals surface area contributed by atoms with Crippen molar-refractivity contribution in [3.8, 4) is 11.5 Å². The summed E-state index contributed by atoms with van der Waals surface area (Å²) in [5.74, 6) is 2.23. The molecular weight excluding hydrogens is 282 g/mol. The Morgan fingerprint density at radius 2 is 2.05 bits per heavy atom. The number of carbonyl (C=O) groups is 1. The molecule has 1 saturated heterocycles. The number of anilines is 2. The predicted octanol–water partition coefficient (Wildman–Crippen LogP) is 1.96. The highest BCUT2D eigenvalue weighted by molar-refractivity contribution is 5.94. The number of piperidine rings is 1. The van der Waals surface area contributed by atoms with Gasteiger partial charge < -0.3 is 25.8 Å². The van der Waals surface area contributed by atoms with Crippen molar-refractivity contribution in [2.45, 2.75) is 26.2 Å². The van der Waals surface area contributed by atoms with Crippen LogP contribution >= 0.6 is 0 Å². The first-order chi connectivity index (χ1) is 10.6. The molecule has 6 nitrogen and oxygen atoms in total. The summed E-state index contributed by atoms with van der Waals surface area (Å²) in [5, 5.41) is 6.25. The average Bonchev–Trinajstić information content (AvgIpc) is 2.95. The number of amides is 1. The highest BCUT2D eigenvalue weighted by Gasteiger charge is 2.23. The fraction of sp³-hybridized carbons (Fsp3) is 0.562. The smallest absolute Gasteiger partial charge is 0.231 e. The molecule has 2 heterocycles. The highest BCUT2D eigenvalue weighted by Crippen LogP contribution is 2.38. The molecule has 0 bridgehead atoms. The third-order valence-electron chi connectivity index (χ3n) is 4.51. The largest absolute Gasteiger partial charge is 0.454 e. The fourth-order valence-corrected chi connectivity index (χ4v) is 3.14. The predicted molar refractivity (Wildman–Crippen MR) is 85.0 cm³/mol. The van der Waals surface area contributed by atoms with Gasteiger partial charge >= 0.3 is 0 Å². The van der Waals surface area contributed by atoms with E-state index in [9.17, 15) is 4.79 Å². The number of hydrogen-bond acceptors (Lipinski definition) is 5. The van der Waals surface area contributed by atoms with E-state index in [4.69, 9.17) is 15.2 Å². The van der Waals surface area contributed by atoms with Crippen molar-refractivity contribution in [3.05, 3.63) is 12.1 Å². The quantitative estimate of drug-likeness (QED) is 0.740. The highest BCUT2D eigenvalue weighted by atomic mass is 16.7. The minimum Gasteiger partial charge on any atom is -0.454 e. The van der Waals surface area contributed by atoms with Gasteiger partial charge in [-0.3, -0.25) is 4.79 Å². The molecule has 0 aromatic heterocycles. The zero-order valence-electron chi connectivity index (χ0n) is 12.9. The zero-order chi connectivity index (χ0) is 15.5. The zero-order valence-corrected chi connectivity index (χ0v) is 12.9. The second-order valence-electron chi connectivity index (χ2n) is 6.11. The van der Waals surface area contributed by atoms with Crippen LogP contribution in [-0.2, 0) is 4.79 Å². The second kappa shape index (κ2) is 6.44. The lowest BCUT2D eigenvalue weighted by Crippen LogP contribution is -2.32. The van der Waals surface area contributed by atoms with Crippen LogP contribution in [0, 0.1) is 11.8 Å². The van der Waals surface area contributed by atoms with Gasteiger partial charge in [0.1, 0.15) is 0 Å². The van der Waals surface area contributed by atoms with Gasteiger partial charge in [0.2, 0.25) is 12.7 Å². The van der Waals surface area contributed by atoms with E-state index in [1.807, 2.05) is 0 Å². The monoisotopic (exact) mass is 305 g/mol. The van der Waals surface area contributed by atoms with Gasteiger partial charge in [-0.15, -0.1) is 0 Å². The first-order valence-electron chi connectivity index (χ1n) is 7.83. The number of nitrogen functional groups attached to an aromatic ring is 1. The number of rotatable bonds is 4. The van der Waals surface area contributed by atoms with Gasteiger partial charge in [-0.05, 0) is 37.8 Å². The molecule has 1 aromatic carbocycles. The van der Waals surface area contributed by atoms with Crippen molar-refractivity contribution in [3.63, 3.8) is 0 Å². The first-order valence-corrected chi connectivity index (χ1v) is 7.83. The van der Waals surface area contributed by atoms with Crippen LogP contribution in [0.15, 0.2) is 12.1 Å². The lowest BCUT2D eigenvalue weighted by Gasteiger charge is -2.27. The van der Waals surface area contributed by atoms with E-state index in [0.29, 0.717) is 41.1 Å². The summed E-state index contributed by atoms with van der Waals surface area (Å²) in [4.78, 5) is 12.3. The summed E-state index contributed by atoms with van der Waals surface area (Å²) in [6, 6.07) is 3.42. The SMILES string of the molecule is CC(CC(=O)Nc1cc2c(cc1N)OCO2)C1CCNCC1. The van der Waals surface area contributed by atoms with Gasteiger partial charge in [-0.2, -0.15) is 0 Å². The van der Waals surface area contributed by atoms with Gasteiger partial charge in [0.05, 0.1) is 11.4 Å². The molecule has 3 rings (SSSR count). The number of fused-ring (bicyclic) bond motifs is 1. The van der Waals surface area contributed by atoms with Crippen LogP contribution in [0.2, 0.25) is 0 Å². The van der Waals surface area contributed by atoms with E-state index in [1.54, 1.807) is 12.1 Å². The Balaban J connectivity index is 1.59. The van der Waals surface area contributed by atoms with Crippen LogP contribution in [0.4, 0.5) is 11.4 Å². The van der Waals surface area contributed by atoms with Crippen LogP contribution < -0.4 is 25.8 Å². The molecule has 2 aliphatic rings. The Morgan fingerprint density at radius 1 is 1.36 bits per heavy atom. The minimum absolute atomic E-state index is 0.00315. The van der Waals surface area contributed by atoms with Gasteiger partial charge in [0.15, 0.2) is 11.5 Å². The van der Waals surface area contributed by atoms with Crippen LogP contribution in [0.3, 0.4) is 0 Å². The standard InChI is InChI=1S/C16H23N3O3/c1-10(11-2-4-18-5-3-11)6-16(20)19-13-8-15-14(7-12(13)17)21-9-22-15/h7-8,10-11,18H,2-6,9,17H2,1H3,(H,19,20). The van der Waals surface area contributed by atoms with E-state index in [0.717, 1.165) is 25.9 Å². The number of ether oxygens (including phenoxy) is 2. The van der Waals surface area contributed by atoms with Crippen LogP contribution in [0.1, 0.15) is 26.2 Å². The summed E-state index contributed by atoms with van der Waals surface area (Å²) in [6.45, 7) is 4.44. The Bertz CT molecular complexity index is 556. The molecular formula is C16H23N3O3. The topological polar surface area (TPSA) is 85.6 Å². The number of nitrogens with two attached hydrogens (primary N) is 1. The summed E-state index contributed by atoms with van der Waals surface area (Å²) in [5.41, 5.74) is 7.04. The van der Waals surface area contributed by atoms with Gasteiger partial charge in [0, 0.05) is 18.6 Å². The molecule has 2 aliphatic heterocycles. The maximum Gasteiger partial charge on any atom is 0.231 e. The summed E-state index contributed by atoms with van der Waals surface area (Å²) in [6.07, 6.45) is 2.79. The molecule has 0 spiro atoms. The van der Waals surface area contributed by atoms with E-state index < -0.39 is 0 Å². The maximum absolute atomic E-state index is 12.3.